The lowest BCUT2D eigenvalue weighted by Gasteiger charge is -2.16. The zero-order valence-electron chi connectivity index (χ0n) is 32.6. The maximum atomic E-state index is 13.7. The maximum absolute atomic E-state index is 13.7. The van der Waals surface area contributed by atoms with Crippen LogP contribution in [0.1, 0.15) is 5.56 Å². The summed E-state index contributed by atoms with van der Waals surface area (Å²) in [6.07, 6.45) is 0. The van der Waals surface area contributed by atoms with Crippen molar-refractivity contribution in [3.8, 4) is 34.5 Å². The Kier molecular flexibility index (Phi) is 13.1. The molecule has 29 heteroatoms. The zero-order chi connectivity index (χ0) is 49.0. The molecular formula is C37H28O22S7. The van der Waals surface area contributed by atoms with Gasteiger partial charge in [-0.1, -0.05) is 24.3 Å². The van der Waals surface area contributed by atoms with Crippen LogP contribution in [0.15, 0.2) is 165 Å². The molecule has 5 N–H and O–H groups in total. The largest absolute Gasteiger partial charge is 0.456 e. The Morgan fingerprint density at radius 3 is 1.00 bits per heavy atom. The van der Waals surface area contributed by atoms with Crippen LogP contribution >= 0.6 is 0 Å². The second-order valence-electron chi connectivity index (χ2n) is 13.4. The third-order valence-electron chi connectivity index (χ3n) is 8.87. The first-order valence-corrected chi connectivity index (χ1v) is 27.6. The van der Waals surface area contributed by atoms with Gasteiger partial charge < -0.3 is 14.2 Å². The van der Waals surface area contributed by atoms with Gasteiger partial charge in [0.25, 0.3) is 50.6 Å². The fourth-order valence-electron chi connectivity index (χ4n) is 5.82. The van der Waals surface area contributed by atoms with Gasteiger partial charge in [-0.25, -0.2) is 16.8 Å². The van der Waals surface area contributed by atoms with E-state index in [1.165, 1.54) is 31.2 Å². The van der Waals surface area contributed by atoms with Crippen LogP contribution in [0.4, 0.5) is 0 Å². The van der Waals surface area contributed by atoms with Crippen LogP contribution in [0, 0.1) is 6.92 Å². The molecule has 0 fully saturated rings. The van der Waals surface area contributed by atoms with E-state index in [0.29, 0.717) is 54.6 Å². The second-order valence-corrected chi connectivity index (χ2v) is 24.2. The molecule has 0 saturated carbocycles. The highest BCUT2D eigenvalue weighted by atomic mass is 32.2. The number of ether oxygens (including phenoxy) is 3. The van der Waals surface area contributed by atoms with E-state index in [4.69, 9.17) is 14.2 Å². The van der Waals surface area contributed by atoms with Crippen molar-refractivity contribution in [2.45, 2.75) is 51.0 Å². The van der Waals surface area contributed by atoms with Crippen molar-refractivity contribution in [3.63, 3.8) is 0 Å². The van der Waals surface area contributed by atoms with Gasteiger partial charge in [0.1, 0.15) is 54.1 Å². The highest BCUT2D eigenvalue weighted by Crippen LogP contribution is 2.40. The topological polar surface area (TPSA) is 368 Å². The van der Waals surface area contributed by atoms with E-state index >= 15 is 0 Å². The van der Waals surface area contributed by atoms with Gasteiger partial charge in [-0.15, -0.1) is 0 Å². The number of para-hydroxylation sites is 1. The molecule has 350 valence electrons. The Hall–Kier alpha value is -5.83. The van der Waals surface area contributed by atoms with Crippen LogP contribution in [-0.4, -0.2) is 81.7 Å². The molecule has 66 heavy (non-hydrogen) atoms. The summed E-state index contributed by atoms with van der Waals surface area (Å²) in [6.45, 7) is 1.25. The fraction of sp³-hybridized carbons (Fsp3) is 0.0270. The highest BCUT2D eigenvalue weighted by Gasteiger charge is 2.30. The van der Waals surface area contributed by atoms with Crippen LogP contribution in [-0.2, 0) is 70.3 Å². The predicted molar refractivity (Wildman–Crippen MR) is 224 cm³/mol. The lowest BCUT2D eigenvalue weighted by molar-refractivity contribution is 0.424. The Morgan fingerprint density at radius 1 is 0.318 bits per heavy atom. The van der Waals surface area contributed by atoms with E-state index in [-0.39, 0.29) is 11.3 Å². The number of hydrogen-bond acceptors (Lipinski definition) is 17. The van der Waals surface area contributed by atoms with Crippen molar-refractivity contribution in [2.75, 3.05) is 0 Å². The average molecular weight is 1050 g/mol. The Bertz CT molecular complexity index is 3780. The molecule has 0 aliphatic carbocycles. The molecule has 0 heterocycles. The van der Waals surface area contributed by atoms with Crippen LogP contribution in [0.5, 0.6) is 34.5 Å². The fourth-order valence-corrected chi connectivity index (χ4v) is 12.0. The molecule has 0 radical (unpaired) electrons. The van der Waals surface area contributed by atoms with Gasteiger partial charge in [0.05, 0.1) is 24.5 Å². The number of rotatable bonds is 15. The molecule has 6 aromatic carbocycles. The zero-order valence-corrected chi connectivity index (χ0v) is 38.3. The van der Waals surface area contributed by atoms with Crippen molar-refractivity contribution in [1.82, 2.24) is 0 Å². The van der Waals surface area contributed by atoms with E-state index in [9.17, 15) is 81.7 Å². The molecular weight excluding hydrogens is 1020 g/mol. The molecule has 22 nitrogen and oxygen atoms in total. The molecule has 0 aromatic heterocycles. The summed E-state index contributed by atoms with van der Waals surface area (Å²) in [7, 11) is -36.2. The standard InChI is InChI=1S/C37H28O22S7/c1-22-7-9-25(18-33(22)62(42,43)44)60(38,39)26-11-15-30(36(20-26)65(51,52)53)58-24-8-13-31(34(17-24)63(45,46)47)59-32-16-12-28(21-37(32)66(54,55)56)61(40,41)27-10-14-29(35(19-27)64(48,49)50)57-23-5-3-2-4-6-23/h2-21H,1H3,(H,42,43,44)(H,45,46,47)(H,48,49,50)(H,51,52,53)(H,54,55,56). The number of hydrogen-bond donors (Lipinski definition) is 5. The predicted octanol–water partition coefficient (Wildman–Crippen LogP) is 5.27. The summed E-state index contributed by atoms with van der Waals surface area (Å²) in [6, 6.07) is 17.9. The SMILES string of the molecule is Cc1ccc(S(=O)(=O)c2ccc(Oc3ccc(Oc4ccc(S(=O)(=O)c5ccc(Oc6ccccc6)c(S(=O)(=O)O)c5)cc4S(=O)(=O)O)c(S(=O)(=O)O)c3)c(S(=O)(=O)O)c2)cc1S(=O)(=O)O. The average Bonchev–Trinajstić information content (AvgIpc) is 3.20. The van der Waals surface area contributed by atoms with E-state index in [1.54, 1.807) is 6.07 Å². The summed E-state index contributed by atoms with van der Waals surface area (Å²) in [5.41, 5.74) is -0.0446. The molecule has 0 aliphatic heterocycles. The Labute approximate surface area is 376 Å². The smallest absolute Gasteiger partial charge is 0.298 e. The monoisotopic (exact) mass is 1050 g/mol. The third-order valence-corrected chi connectivity index (χ3v) is 16.9. The van der Waals surface area contributed by atoms with Gasteiger partial charge in [0, 0.05) is 6.07 Å². The van der Waals surface area contributed by atoms with Crippen LogP contribution < -0.4 is 14.2 Å². The minimum Gasteiger partial charge on any atom is -0.456 e. The summed E-state index contributed by atoms with van der Waals surface area (Å²) in [4.78, 5) is -8.93. The van der Waals surface area contributed by atoms with Crippen molar-refractivity contribution in [1.29, 1.82) is 0 Å². The normalized spacial score (nSPS) is 12.9. The molecule has 6 aromatic rings. The molecule has 0 bridgehead atoms. The highest BCUT2D eigenvalue weighted by molar-refractivity contribution is 7.92. The first-order valence-electron chi connectivity index (χ1n) is 17.4. The summed E-state index contributed by atoms with van der Waals surface area (Å²) in [5.74, 6) is -3.84. The minimum atomic E-state index is -5.49. The van der Waals surface area contributed by atoms with Crippen LogP contribution in [0.3, 0.4) is 0 Å². The maximum Gasteiger partial charge on any atom is 0.298 e. The molecule has 0 aliphatic rings. The molecule has 6 rings (SSSR count). The van der Waals surface area contributed by atoms with Crippen molar-refractivity contribution < 1.29 is 95.9 Å². The van der Waals surface area contributed by atoms with Crippen LogP contribution in [0.25, 0.3) is 0 Å². The molecule has 0 saturated heterocycles. The first kappa shape index (κ1) is 49.6. The van der Waals surface area contributed by atoms with Crippen LogP contribution in [0.2, 0.25) is 0 Å². The Balaban J connectivity index is 1.36. The van der Waals surface area contributed by atoms with E-state index in [0.717, 1.165) is 36.4 Å². The van der Waals surface area contributed by atoms with Crippen molar-refractivity contribution in [3.05, 3.63) is 127 Å². The van der Waals surface area contributed by atoms with E-state index in [1.807, 2.05) is 0 Å². The second kappa shape index (κ2) is 17.4. The summed E-state index contributed by atoms with van der Waals surface area (Å²) in [5, 5.41) is 0. The van der Waals surface area contributed by atoms with Gasteiger partial charge in [0.2, 0.25) is 19.7 Å². The lowest BCUT2D eigenvalue weighted by atomic mass is 10.2. The third kappa shape index (κ3) is 10.7. The minimum absolute atomic E-state index is 0.0446. The summed E-state index contributed by atoms with van der Waals surface area (Å²) < 4.78 is 243. The molecule has 0 spiro atoms. The van der Waals surface area contributed by atoms with E-state index in [2.05, 4.69) is 0 Å². The molecule has 0 amide bonds. The van der Waals surface area contributed by atoms with Gasteiger partial charge in [-0.2, -0.15) is 42.1 Å². The number of aryl methyl sites for hydroxylation is 1. The van der Waals surface area contributed by atoms with Crippen molar-refractivity contribution in [2.24, 2.45) is 0 Å². The number of benzene rings is 6. The van der Waals surface area contributed by atoms with Crippen molar-refractivity contribution >= 4 is 70.3 Å². The molecule has 0 unspecified atom stereocenters. The molecule has 0 atom stereocenters. The Morgan fingerprint density at radius 2 is 0.621 bits per heavy atom. The van der Waals surface area contributed by atoms with Gasteiger partial charge in [-0.05, 0) is 103 Å². The van der Waals surface area contributed by atoms with E-state index < -0.39 is 143 Å². The van der Waals surface area contributed by atoms with Gasteiger partial charge in [0.15, 0.2) is 0 Å². The quantitative estimate of drug-likeness (QED) is 0.0817. The van der Waals surface area contributed by atoms with Gasteiger partial charge >= 0.3 is 0 Å². The first-order chi connectivity index (χ1) is 30.3. The number of sulfone groups is 2. The summed E-state index contributed by atoms with van der Waals surface area (Å²) >= 11 is 0. The van der Waals surface area contributed by atoms with Gasteiger partial charge in [-0.3, -0.25) is 22.8 Å². The lowest BCUT2D eigenvalue weighted by Crippen LogP contribution is -2.09.